The molecular weight excluding hydrogens is 539 g/mol. The van der Waals surface area contributed by atoms with Gasteiger partial charge in [-0.2, -0.15) is 8.78 Å². The van der Waals surface area contributed by atoms with E-state index in [1.54, 1.807) is 18.3 Å². The fraction of sp³-hybridized carbons (Fsp3) is 0.333. The van der Waals surface area contributed by atoms with Crippen LogP contribution in [0, 0.1) is 13.8 Å². The lowest BCUT2D eigenvalue weighted by molar-refractivity contribution is -0.0504. The summed E-state index contributed by atoms with van der Waals surface area (Å²) in [5.41, 5.74) is 3.86. The first kappa shape index (κ1) is 26.6. The molecule has 0 aliphatic heterocycles. The van der Waals surface area contributed by atoms with Gasteiger partial charge in [-0.3, -0.25) is 0 Å². The molecule has 3 rings (SSSR count). The van der Waals surface area contributed by atoms with E-state index in [0.29, 0.717) is 31.2 Å². The van der Waals surface area contributed by atoms with Crippen molar-refractivity contribution in [2.24, 2.45) is 4.99 Å². The lowest BCUT2D eigenvalue weighted by Gasteiger charge is -2.15. The average molecular weight is 569 g/mol. The summed E-state index contributed by atoms with van der Waals surface area (Å²) in [6.45, 7) is 5.24. The molecular formula is C24H30F2IN5O. The van der Waals surface area contributed by atoms with Crippen LogP contribution in [-0.2, 0) is 19.6 Å². The Hall–Kier alpha value is -2.69. The van der Waals surface area contributed by atoms with E-state index in [9.17, 15) is 8.78 Å². The predicted octanol–water partition coefficient (Wildman–Crippen LogP) is 5.02. The summed E-state index contributed by atoms with van der Waals surface area (Å²) >= 11 is 0. The Bertz CT molecular complexity index is 1050. The van der Waals surface area contributed by atoms with Crippen LogP contribution in [0.3, 0.4) is 0 Å². The number of guanidine groups is 1. The third-order valence-corrected chi connectivity index (χ3v) is 4.91. The molecule has 178 valence electrons. The second kappa shape index (κ2) is 13.1. The molecule has 0 fully saturated rings. The minimum absolute atomic E-state index is 0. The lowest BCUT2D eigenvalue weighted by atomic mass is 10.1. The molecule has 33 heavy (non-hydrogen) atoms. The number of hydrogen-bond acceptors (Lipinski definition) is 3. The highest BCUT2D eigenvalue weighted by atomic mass is 127. The number of imidazole rings is 1. The van der Waals surface area contributed by atoms with Crippen molar-refractivity contribution in [1.29, 1.82) is 0 Å². The van der Waals surface area contributed by atoms with Gasteiger partial charge in [-0.15, -0.1) is 24.0 Å². The number of nitrogens with one attached hydrogen (secondary N) is 2. The Balaban J connectivity index is 0.00000385. The second-order valence-electron chi connectivity index (χ2n) is 7.46. The Morgan fingerprint density at radius 2 is 1.91 bits per heavy atom. The van der Waals surface area contributed by atoms with Gasteiger partial charge in [0.1, 0.15) is 11.6 Å². The zero-order chi connectivity index (χ0) is 22.9. The van der Waals surface area contributed by atoms with E-state index in [1.165, 1.54) is 5.56 Å². The van der Waals surface area contributed by atoms with Crippen LogP contribution in [0.2, 0.25) is 0 Å². The molecule has 2 aromatic carbocycles. The molecule has 1 aromatic heterocycles. The molecule has 0 saturated heterocycles. The van der Waals surface area contributed by atoms with Gasteiger partial charge in [0.15, 0.2) is 5.96 Å². The van der Waals surface area contributed by atoms with Crippen LogP contribution >= 0.6 is 24.0 Å². The van der Waals surface area contributed by atoms with Gasteiger partial charge >= 0.3 is 6.61 Å². The number of hydrogen-bond donors (Lipinski definition) is 2. The van der Waals surface area contributed by atoms with Crippen molar-refractivity contribution < 1.29 is 13.5 Å². The van der Waals surface area contributed by atoms with Gasteiger partial charge in [0.05, 0.1) is 6.54 Å². The summed E-state index contributed by atoms with van der Waals surface area (Å²) in [5, 5.41) is 6.40. The Kier molecular flexibility index (Phi) is 10.6. The smallest absolute Gasteiger partial charge is 0.387 e. The lowest BCUT2D eigenvalue weighted by Crippen LogP contribution is -2.36. The Labute approximate surface area is 210 Å². The van der Waals surface area contributed by atoms with Gasteiger partial charge in [0, 0.05) is 37.6 Å². The fourth-order valence-electron chi connectivity index (χ4n) is 3.34. The molecule has 6 nitrogen and oxygen atoms in total. The summed E-state index contributed by atoms with van der Waals surface area (Å²) < 4.78 is 32.2. The number of aromatic nitrogens is 2. The van der Waals surface area contributed by atoms with Gasteiger partial charge in [-0.05, 0) is 38.0 Å². The van der Waals surface area contributed by atoms with Crippen LogP contribution < -0.4 is 15.4 Å². The number of halogens is 3. The second-order valence-corrected chi connectivity index (χ2v) is 7.46. The first-order chi connectivity index (χ1) is 15.4. The first-order valence-electron chi connectivity index (χ1n) is 10.6. The van der Waals surface area contributed by atoms with E-state index < -0.39 is 6.61 Å². The summed E-state index contributed by atoms with van der Waals surface area (Å²) in [7, 11) is 0. The normalized spacial score (nSPS) is 11.3. The number of nitrogens with zero attached hydrogens (tertiary/aromatic N) is 3. The maximum Gasteiger partial charge on any atom is 0.387 e. The van der Waals surface area contributed by atoms with Crippen LogP contribution in [0.5, 0.6) is 5.75 Å². The molecule has 1 heterocycles. The SMILES string of the molecule is CCNC(=NCc1cccc(Cn2ccnc2C)c1)NCc1cc(C)ccc1OC(F)F.I. The highest BCUT2D eigenvalue weighted by molar-refractivity contribution is 14.0. The van der Waals surface area contributed by atoms with Crippen molar-refractivity contribution in [3.63, 3.8) is 0 Å². The van der Waals surface area contributed by atoms with Gasteiger partial charge in [0.2, 0.25) is 0 Å². The fourth-order valence-corrected chi connectivity index (χ4v) is 3.34. The van der Waals surface area contributed by atoms with Crippen molar-refractivity contribution in [2.75, 3.05) is 6.54 Å². The molecule has 0 bridgehead atoms. The number of alkyl halides is 2. The number of benzene rings is 2. The molecule has 0 amide bonds. The largest absolute Gasteiger partial charge is 0.434 e. The van der Waals surface area contributed by atoms with Crippen LogP contribution in [0.25, 0.3) is 0 Å². The molecule has 0 saturated carbocycles. The maximum atomic E-state index is 12.7. The number of aryl methyl sites for hydroxylation is 2. The third-order valence-electron chi connectivity index (χ3n) is 4.91. The van der Waals surface area contributed by atoms with E-state index in [0.717, 1.165) is 23.5 Å². The summed E-state index contributed by atoms with van der Waals surface area (Å²) in [5.74, 6) is 1.74. The monoisotopic (exact) mass is 569 g/mol. The Morgan fingerprint density at radius 3 is 2.61 bits per heavy atom. The highest BCUT2D eigenvalue weighted by Crippen LogP contribution is 2.22. The van der Waals surface area contributed by atoms with E-state index in [1.807, 2.05) is 45.2 Å². The van der Waals surface area contributed by atoms with E-state index in [-0.39, 0.29) is 29.7 Å². The minimum Gasteiger partial charge on any atom is -0.434 e. The summed E-state index contributed by atoms with van der Waals surface area (Å²) in [4.78, 5) is 8.92. The number of rotatable bonds is 9. The van der Waals surface area contributed by atoms with Crippen LogP contribution in [0.15, 0.2) is 59.9 Å². The van der Waals surface area contributed by atoms with E-state index in [4.69, 9.17) is 0 Å². The van der Waals surface area contributed by atoms with Gasteiger partial charge in [-0.1, -0.05) is 42.0 Å². The van der Waals surface area contributed by atoms with Crippen LogP contribution in [-0.4, -0.2) is 28.7 Å². The third kappa shape index (κ3) is 8.30. The van der Waals surface area contributed by atoms with Crippen molar-refractivity contribution in [3.05, 3.63) is 82.9 Å². The predicted molar refractivity (Wildman–Crippen MR) is 137 cm³/mol. The number of aliphatic imine (C=N–C) groups is 1. The summed E-state index contributed by atoms with van der Waals surface area (Å²) in [6, 6.07) is 13.4. The van der Waals surface area contributed by atoms with Gasteiger partial charge < -0.3 is 19.9 Å². The van der Waals surface area contributed by atoms with Gasteiger partial charge in [-0.25, -0.2) is 9.98 Å². The molecule has 0 atom stereocenters. The zero-order valence-corrected chi connectivity index (χ0v) is 21.3. The summed E-state index contributed by atoms with van der Waals surface area (Å²) in [6.07, 6.45) is 3.76. The van der Waals surface area contributed by atoms with Crippen molar-refractivity contribution >= 4 is 29.9 Å². The average Bonchev–Trinajstić information content (AvgIpc) is 3.16. The topological polar surface area (TPSA) is 63.5 Å². The number of ether oxygens (including phenoxy) is 1. The van der Waals surface area contributed by atoms with Crippen LogP contribution in [0.1, 0.15) is 35.0 Å². The zero-order valence-electron chi connectivity index (χ0n) is 19.0. The quantitative estimate of drug-likeness (QED) is 0.216. The highest BCUT2D eigenvalue weighted by Gasteiger charge is 2.10. The first-order valence-corrected chi connectivity index (χ1v) is 10.6. The molecule has 3 aromatic rings. The van der Waals surface area contributed by atoms with Crippen molar-refractivity contribution in [1.82, 2.24) is 20.2 Å². The van der Waals surface area contributed by atoms with E-state index >= 15 is 0 Å². The van der Waals surface area contributed by atoms with Crippen molar-refractivity contribution in [3.8, 4) is 5.75 Å². The molecule has 0 spiro atoms. The van der Waals surface area contributed by atoms with E-state index in [2.05, 4.69) is 42.0 Å². The molecule has 0 aliphatic carbocycles. The molecule has 2 N–H and O–H groups in total. The maximum absolute atomic E-state index is 12.7. The standard InChI is InChI=1S/C24H29F2N5O.HI/c1-4-27-24(30-15-21-12-17(2)8-9-22(21)32-23(25)26)29-14-19-6-5-7-20(13-19)16-31-11-10-28-18(31)3;/h5-13,23H,4,14-16H2,1-3H3,(H2,27,29,30);1H. The molecule has 0 radical (unpaired) electrons. The minimum atomic E-state index is -2.86. The van der Waals surface area contributed by atoms with Gasteiger partial charge in [0.25, 0.3) is 0 Å². The Morgan fingerprint density at radius 1 is 1.12 bits per heavy atom. The van der Waals surface area contributed by atoms with Crippen molar-refractivity contribution in [2.45, 2.75) is 47.0 Å². The van der Waals surface area contributed by atoms with Crippen LogP contribution in [0.4, 0.5) is 8.78 Å². The molecule has 0 unspecified atom stereocenters. The molecule has 0 aliphatic rings. The molecule has 9 heteroatoms.